The Balaban J connectivity index is 1.66. The topological polar surface area (TPSA) is 64.6 Å². The molecule has 3 aromatic carbocycles. The van der Waals surface area contributed by atoms with Crippen LogP contribution in [0.1, 0.15) is 70.2 Å². The van der Waals surface area contributed by atoms with E-state index in [1.54, 1.807) is 25.3 Å². The summed E-state index contributed by atoms with van der Waals surface area (Å²) in [6.07, 6.45) is 2.19. The highest BCUT2D eigenvalue weighted by molar-refractivity contribution is 6.09. The van der Waals surface area contributed by atoms with Crippen LogP contribution in [0.5, 0.6) is 5.75 Å². The van der Waals surface area contributed by atoms with Gasteiger partial charge in [0.25, 0.3) is 5.91 Å². The predicted molar refractivity (Wildman–Crippen MR) is 126 cm³/mol. The van der Waals surface area contributed by atoms with E-state index in [2.05, 4.69) is 5.32 Å². The second kappa shape index (κ2) is 8.07. The van der Waals surface area contributed by atoms with E-state index in [0.717, 1.165) is 47.3 Å². The van der Waals surface area contributed by atoms with Gasteiger partial charge < -0.3 is 14.8 Å². The van der Waals surface area contributed by atoms with Gasteiger partial charge in [-0.1, -0.05) is 42.5 Å². The highest BCUT2D eigenvalue weighted by Gasteiger charge is 2.36. The number of esters is 1. The molecule has 1 atom stereocenters. The smallest absolute Gasteiger partial charge is 0.339 e. The van der Waals surface area contributed by atoms with Gasteiger partial charge in [-0.25, -0.2) is 4.79 Å². The molecule has 5 rings (SSSR count). The molecule has 0 saturated carbocycles. The van der Waals surface area contributed by atoms with Crippen molar-refractivity contribution in [2.24, 2.45) is 0 Å². The Morgan fingerprint density at radius 2 is 1.82 bits per heavy atom. The lowest BCUT2D eigenvalue weighted by molar-refractivity contribution is 0.0265. The van der Waals surface area contributed by atoms with Crippen molar-refractivity contribution in [3.63, 3.8) is 0 Å². The molecular weight excluding hydrogens is 414 g/mol. The molecule has 0 unspecified atom stereocenters. The maximum Gasteiger partial charge on any atom is 0.339 e. The molecule has 3 aromatic rings. The third kappa shape index (κ3) is 3.58. The zero-order chi connectivity index (χ0) is 23.2. The van der Waals surface area contributed by atoms with Crippen molar-refractivity contribution in [2.75, 3.05) is 7.11 Å². The first-order valence-corrected chi connectivity index (χ1v) is 11.3. The fraction of sp³-hybridized carbons (Fsp3) is 0.286. The van der Waals surface area contributed by atoms with E-state index in [9.17, 15) is 9.59 Å². The highest BCUT2D eigenvalue weighted by atomic mass is 16.5. The van der Waals surface area contributed by atoms with Crippen molar-refractivity contribution in [3.05, 3.63) is 88.5 Å². The molecule has 0 saturated heterocycles. The molecule has 0 fully saturated rings. The van der Waals surface area contributed by atoms with E-state index in [4.69, 9.17) is 9.47 Å². The van der Waals surface area contributed by atoms with Crippen LogP contribution in [0.2, 0.25) is 0 Å². The first-order chi connectivity index (χ1) is 15.9. The van der Waals surface area contributed by atoms with E-state index >= 15 is 0 Å². The number of carbonyl (C=O) groups excluding carboxylic acids is 2. The molecule has 1 aliphatic carbocycles. The Morgan fingerprint density at radius 1 is 1.03 bits per heavy atom. The van der Waals surface area contributed by atoms with Crippen molar-refractivity contribution in [1.82, 2.24) is 5.32 Å². The number of rotatable bonds is 4. The molecule has 1 N–H and O–H groups in total. The predicted octanol–water partition coefficient (Wildman–Crippen LogP) is 5.58. The van der Waals surface area contributed by atoms with Gasteiger partial charge in [0.05, 0.1) is 18.2 Å². The Bertz CT molecular complexity index is 1250. The van der Waals surface area contributed by atoms with E-state index in [1.165, 1.54) is 0 Å². The van der Waals surface area contributed by atoms with Gasteiger partial charge in [-0.05, 0) is 62.4 Å². The number of ether oxygens (including phenoxy) is 2. The van der Waals surface area contributed by atoms with Crippen LogP contribution in [-0.2, 0) is 16.7 Å². The summed E-state index contributed by atoms with van der Waals surface area (Å²) in [6, 6.07) is 19.0. The van der Waals surface area contributed by atoms with Gasteiger partial charge in [0.2, 0.25) is 0 Å². The summed E-state index contributed by atoms with van der Waals surface area (Å²) in [5.41, 5.74) is 4.83. The second-order valence-electron chi connectivity index (χ2n) is 9.17. The van der Waals surface area contributed by atoms with Crippen molar-refractivity contribution < 1.29 is 19.1 Å². The number of benzene rings is 3. The fourth-order valence-corrected chi connectivity index (χ4v) is 5.08. The van der Waals surface area contributed by atoms with Gasteiger partial charge in [0.1, 0.15) is 11.9 Å². The van der Waals surface area contributed by atoms with Crippen LogP contribution in [0.25, 0.3) is 11.1 Å². The zero-order valence-corrected chi connectivity index (χ0v) is 19.1. The summed E-state index contributed by atoms with van der Waals surface area (Å²) in [6.45, 7) is 3.95. The number of hydrogen-bond acceptors (Lipinski definition) is 4. The first-order valence-electron chi connectivity index (χ1n) is 11.3. The average Bonchev–Trinajstić information content (AvgIpc) is 2.95. The molecule has 168 valence electrons. The van der Waals surface area contributed by atoms with Crippen molar-refractivity contribution >= 4 is 11.9 Å². The van der Waals surface area contributed by atoms with E-state index in [0.29, 0.717) is 16.7 Å². The first kappa shape index (κ1) is 21.3. The monoisotopic (exact) mass is 441 g/mol. The summed E-state index contributed by atoms with van der Waals surface area (Å²) in [4.78, 5) is 26.7. The molecule has 33 heavy (non-hydrogen) atoms. The van der Waals surface area contributed by atoms with Gasteiger partial charge in [-0.3, -0.25) is 4.79 Å². The summed E-state index contributed by atoms with van der Waals surface area (Å²) in [5.74, 6) is 0.174. The van der Waals surface area contributed by atoms with Crippen LogP contribution in [-0.4, -0.2) is 19.0 Å². The third-order valence-corrected chi connectivity index (χ3v) is 6.72. The maximum atomic E-state index is 13.6. The van der Waals surface area contributed by atoms with Gasteiger partial charge in [0, 0.05) is 22.3 Å². The maximum absolute atomic E-state index is 13.6. The SMILES string of the molecule is COc1ccc2c3c1CCC[C@@H]3OC(=O)c1cccc(C(=O)NC(C)(C)c3ccccc3)c1-2. The molecule has 0 spiro atoms. The van der Waals surface area contributed by atoms with E-state index in [-0.39, 0.29) is 12.0 Å². The number of amides is 1. The van der Waals surface area contributed by atoms with Crippen LogP contribution in [0.4, 0.5) is 0 Å². The van der Waals surface area contributed by atoms with Gasteiger partial charge in [-0.2, -0.15) is 0 Å². The number of fused-ring (bicyclic) bond motifs is 2. The molecule has 1 heterocycles. The molecule has 0 radical (unpaired) electrons. The number of carbonyl (C=O) groups is 2. The Kier molecular flexibility index (Phi) is 5.20. The lowest BCUT2D eigenvalue weighted by Crippen LogP contribution is -2.41. The quantitative estimate of drug-likeness (QED) is 0.537. The van der Waals surface area contributed by atoms with E-state index in [1.807, 2.05) is 56.3 Å². The molecular formula is C28H27NO4. The summed E-state index contributed by atoms with van der Waals surface area (Å²) in [7, 11) is 1.66. The zero-order valence-electron chi connectivity index (χ0n) is 19.1. The molecule has 0 aromatic heterocycles. The Hall–Kier alpha value is -3.60. The molecule has 1 aliphatic heterocycles. The molecule has 5 heteroatoms. The third-order valence-electron chi connectivity index (χ3n) is 6.72. The minimum atomic E-state index is -0.589. The average molecular weight is 442 g/mol. The Morgan fingerprint density at radius 3 is 2.58 bits per heavy atom. The van der Waals surface area contributed by atoms with Crippen molar-refractivity contribution in [2.45, 2.75) is 44.8 Å². The fourth-order valence-electron chi connectivity index (χ4n) is 5.08. The second-order valence-corrected chi connectivity index (χ2v) is 9.17. The molecule has 0 bridgehead atoms. The highest BCUT2D eigenvalue weighted by Crippen LogP contribution is 2.47. The lowest BCUT2D eigenvalue weighted by atomic mass is 9.82. The van der Waals surface area contributed by atoms with Gasteiger partial charge in [-0.15, -0.1) is 0 Å². The van der Waals surface area contributed by atoms with Crippen LogP contribution in [0.3, 0.4) is 0 Å². The van der Waals surface area contributed by atoms with Crippen LogP contribution in [0, 0.1) is 0 Å². The van der Waals surface area contributed by atoms with Crippen LogP contribution >= 0.6 is 0 Å². The van der Waals surface area contributed by atoms with E-state index < -0.39 is 11.5 Å². The molecule has 1 amide bonds. The summed E-state index contributed by atoms with van der Waals surface area (Å²) >= 11 is 0. The van der Waals surface area contributed by atoms with Gasteiger partial charge >= 0.3 is 5.97 Å². The number of nitrogens with one attached hydrogen (secondary N) is 1. The normalized spacial score (nSPS) is 16.7. The summed E-state index contributed by atoms with van der Waals surface area (Å²) < 4.78 is 11.5. The van der Waals surface area contributed by atoms with Crippen molar-refractivity contribution in [1.29, 1.82) is 0 Å². The largest absolute Gasteiger partial charge is 0.496 e. The Labute approximate surface area is 193 Å². The standard InChI is InChI=1S/C28H27NO4/c1-28(2,17-9-5-4-6-10-17)29-26(30)20-12-7-13-21-24(20)19-15-16-22(32-3)18-11-8-14-23(25(18)19)33-27(21)31/h4-7,9-10,12-13,15-16,23H,8,11,14H2,1-3H3,(H,29,30)/t23-/m0/s1. The minimum absolute atomic E-state index is 0.229. The molecule has 5 nitrogen and oxygen atoms in total. The number of methoxy groups -OCH3 is 1. The van der Waals surface area contributed by atoms with Crippen molar-refractivity contribution in [3.8, 4) is 16.9 Å². The summed E-state index contributed by atoms with van der Waals surface area (Å²) in [5, 5.41) is 3.17. The number of hydrogen-bond donors (Lipinski definition) is 1. The lowest BCUT2D eigenvalue weighted by Gasteiger charge is -2.28. The van der Waals surface area contributed by atoms with Gasteiger partial charge in [0.15, 0.2) is 0 Å². The minimum Gasteiger partial charge on any atom is -0.496 e. The molecule has 2 aliphatic rings. The van der Waals surface area contributed by atoms with Crippen LogP contribution in [0.15, 0.2) is 60.7 Å². The van der Waals surface area contributed by atoms with Crippen LogP contribution < -0.4 is 10.1 Å².